The van der Waals surface area contributed by atoms with Gasteiger partial charge in [-0.1, -0.05) is 54.3 Å². The Hall–Kier alpha value is -3.43. The number of hydrogen-bond acceptors (Lipinski definition) is 4. The fourth-order valence-corrected chi connectivity index (χ4v) is 6.27. The Balaban J connectivity index is 1.67. The Bertz CT molecular complexity index is 1430. The third-order valence-corrected chi connectivity index (χ3v) is 9.18. The predicted octanol–water partition coefficient (Wildman–Crippen LogP) is 5.46. The molecule has 10 heteroatoms. The van der Waals surface area contributed by atoms with Gasteiger partial charge in [0.1, 0.15) is 18.4 Å². The van der Waals surface area contributed by atoms with Crippen molar-refractivity contribution in [1.29, 1.82) is 0 Å². The molecular weight excluding hydrogens is 553 g/mol. The summed E-state index contributed by atoms with van der Waals surface area (Å²) >= 11 is 5.98. The first-order valence-electron chi connectivity index (χ1n) is 13.2. The van der Waals surface area contributed by atoms with Crippen LogP contribution < -0.4 is 9.62 Å². The molecule has 0 saturated heterocycles. The number of hydrogen-bond donors (Lipinski definition) is 1. The number of nitrogens with one attached hydrogen (secondary N) is 1. The van der Waals surface area contributed by atoms with Crippen LogP contribution in [0.15, 0.2) is 77.7 Å². The summed E-state index contributed by atoms with van der Waals surface area (Å²) < 4.78 is 42.2. The lowest BCUT2D eigenvalue weighted by Crippen LogP contribution is -2.52. The van der Waals surface area contributed by atoms with Crippen molar-refractivity contribution in [3.63, 3.8) is 0 Å². The summed E-state index contributed by atoms with van der Waals surface area (Å²) in [5.74, 6) is -1.31. The van der Waals surface area contributed by atoms with Gasteiger partial charge in [0, 0.05) is 17.6 Å². The molecule has 0 aliphatic heterocycles. The van der Waals surface area contributed by atoms with E-state index in [1.54, 1.807) is 43.3 Å². The minimum atomic E-state index is -4.18. The monoisotopic (exact) mass is 585 g/mol. The van der Waals surface area contributed by atoms with E-state index in [2.05, 4.69) is 5.32 Å². The van der Waals surface area contributed by atoms with Crippen LogP contribution in [0.1, 0.15) is 43.7 Å². The molecule has 4 rings (SSSR count). The summed E-state index contributed by atoms with van der Waals surface area (Å²) in [5.41, 5.74) is 1.84. The van der Waals surface area contributed by atoms with Crippen molar-refractivity contribution in [2.75, 3.05) is 10.8 Å². The molecule has 0 unspecified atom stereocenters. The highest BCUT2D eigenvalue weighted by Gasteiger charge is 2.33. The summed E-state index contributed by atoms with van der Waals surface area (Å²) in [7, 11) is -4.18. The van der Waals surface area contributed by atoms with E-state index in [4.69, 9.17) is 11.6 Å². The molecule has 40 heavy (non-hydrogen) atoms. The van der Waals surface area contributed by atoms with Crippen LogP contribution in [-0.4, -0.2) is 43.8 Å². The van der Waals surface area contributed by atoms with Crippen molar-refractivity contribution in [3.8, 4) is 0 Å². The summed E-state index contributed by atoms with van der Waals surface area (Å²) in [5, 5.41) is 3.40. The van der Waals surface area contributed by atoms with Crippen LogP contribution in [-0.2, 0) is 26.2 Å². The lowest BCUT2D eigenvalue weighted by Gasteiger charge is -2.32. The number of carbonyl (C=O) groups is 2. The van der Waals surface area contributed by atoms with E-state index in [0.717, 1.165) is 35.6 Å². The van der Waals surface area contributed by atoms with Crippen molar-refractivity contribution >= 4 is 39.1 Å². The maximum absolute atomic E-state index is 13.9. The van der Waals surface area contributed by atoms with Gasteiger partial charge in [-0.15, -0.1) is 0 Å². The molecule has 1 N–H and O–H groups in total. The number of benzene rings is 3. The van der Waals surface area contributed by atoms with Crippen molar-refractivity contribution < 1.29 is 22.4 Å². The van der Waals surface area contributed by atoms with Crippen LogP contribution >= 0.6 is 11.6 Å². The first-order valence-corrected chi connectivity index (χ1v) is 15.1. The zero-order valence-corrected chi connectivity index (χ0v) is 24.1. The van der Waals surface area contributed by atoms with E-state index >= 15 is 0 Å². The number of sulfonamides is 1. The number of halogens is 2. The molecule has 1 aliphatic carbocycles. The highest BCUT2D eigenvalue weighted by Crippen LogP contribution is 2.26. The predicted molar refractivity (Wildman–Crippen MR) is 154 cm³/mol. The van der Waals surface area contributed by atoms with Gasteiger partial charge in [-0.25, -0.2) is 12.8 Å². The zero-order chi connectivity index (χ0) is 28.9. The fraction of sp³-hybridized carbons (Fsp3) is 0.333. The summed E-state index contributed by atoms with van der Waals surface area (Å²) in [6.07, 6.45) is 3.83. The van der Waals surface area contributed by atoms with Gasteiger partial charge in [0.15, 0.2) is 0 Å². The summed E-state index contributed by atoms with van der Waals surface area (Å²) in [6, 6.07) is 17.3. The molecular formula is C30H33ClFN3O4S. The summed E-state index contributed by atoms with van der Waals surface area (Å²) in [6.45, 7) is 2.95. The SMILES string of the molecule is Cc1ccc(N(CC(=O)N(Cc2ccc(F)cc2)[C@H](C)C(=O)NC2CCCC2)S(=O)(=O)c2ccc(Cl)cc2)cc1. The highest BCUT2D eigenvalue weighted by molar-refractivity contribution is 7.92. The number of rotatable bonds is 10. The maximum Gasteiger partial charge on any atom is 0.264 e. The maximum atomic E-state index is 13.9. The van der Waals surface area contributed by atoms with E-state index in [-0.39, 0.29) is 23.4 Å². The van der Waals surface area contributed by atoms with Crippen LogP contribution in [0.5, 0.6) is 0 Å². The zero-order valence-electron chi connectivity index (χ0n) is 22.5. The van der Waals surface area contributed by atoms with Crippen LogP contribution in [0.25, 0.3) is 0 Å². The number of aryl methyl sites for hydroxylation is 1. The van der Waals surface area contributed by atoms with Gasteiger partial charge >= 0.3 is 0 Å². The van der Waals surface area contributed by atoms with Gasteiger partial charge in [0.2, 0.25) is 11.8 Å². The van der Waals surface area contributed by atoms with Crippen LogP contribution in [0, 0.1) is 12.7 Å². The van der Waals surface area contributed by atoms with Crippen LogP contribution in [0.3, 0.4) is 0 Å². The number of amides is 2. The molecule has 2 amide bonds. The molecule has 0 aromatic heterocycles. The first kappa shape index (κ1) is 29.6. The molecule has 0 radical (unpaired) electrons. The molecule has 1 fully saturated rings. The average molecular weight is 586 g/mol. The normalized spacial score (nSPS) is 14.5. The second kappa shape index (κ2) is 12.8. The first-order chi connectivity index (χ1) is 19.0. The smallest absolute Gasteiger partial charge is 0.264 e. The Morgan fingerprint density at radius 1 is 0.975 bits per heavy atom. The Morgan fingerprint density at radius 2 is 1.57 bits per heavy atom. The molecule has 1 saturated carbocycles. The lowest BCUT2D eigenvalue weighted by atomic mass is 10.1. The molecule has 3 aromatic carbocycles. The third kappa shape index (κ3) is 7.20. The second-order valence-electron chi connectivity index (χ2n) is 10.1. The van der Waals surface area contributed by atoms with E-state index in [9.17, 15) is 22.4 Å². The van der Waals surface area contributed by atoms with E-state index in [1.807, 2.05) is 6.92 Å². The quantitative estimate of drug-likeness (QED) is 0.342. The van der Waals surface area contributed by atoms with E-state index in [0.29, 0.717) is 16.3 Å². The van der Waals surface area contributed by atoms with Crippen LogP contribution in [0.4, 0.5) is 10.1 Å². The van der Waals surface area contributed by atoms with Gasteiger partial charge in [0.05, 0.1) is 10.6 Å². The van der Waals surface area contributed by atoms with E-state index < -0.39 is 34.3 Å². The third-order valence-electron chi connectivity index (χ3n) is 7.14. The van der Waals surface area contributed by atoms with Crippen molar-refractivity contribution in [3.05, 3.63) is 94.8 Å². The number of nitrogens with zero attached hydrogens (tertiary/aromatic N) is 2. The topological polar surface area (TPSA) is 86.8 Å². The van der Waals surface area contributed by atoms with Crippen molar-refractivity contribution in [1.82, 2.24) is 10.2 Å². The second-order valence-corrected chi connectivity index (χ2v) is 12.4. The lowest BCUT2D eigenvalue weighted by molar-refractivity contribution is -0.139. The van der Waals surface area contributed by atoms with Gasteiger partial charge < -0.3 is 10.2 Å². The van der Waals surface area contributed by atoms with Gasteiger partial charge in [0.25, 0.3) is 10.0 Å². The van der Waals surface area contributed by atoms with Gasteiger partial charge in [-0.3, -0.25) is 13.9 Å². The van der Waals surface area contributed by atoms with Crippen molar-refractivity contribution in [2.24, 2.45) is 0 Å². The average Bonchev–Trinajstić information content (AvgIpc) is 3.44. The fourth-order valence-electron chi connectivity index (χ4n) is 4.73. The molecule has 0 bridgehead atoms. The van der Waals surface area contributed by atoms with Gasteiger partial charge in [-0.2, -0.15) is 0 Å². The Kier molecular flexibility index (Phi) is 9.48. The molecule has 1 atom stereocenters. The molecule has 212 valence electrons. The molecule has 0 heterocycles. The number of anilines is 1. The highest BCUT2D eigenvalue weighted by atomic mass is 35.5. The number of carbonyl (C=O) groups excluding carboxylic acids is 2. The largest absolute Gasteiger partial charge is 0.352 e. The molecule has 3 aromatic rings. The molecule has 1 aliphatic rings. The molecule has 7 nitrogen and oxygen atoms in total. The standard InChI is InChI=1S/C30H33ClFN3O4S/c1-21-7-15-27(16-8-21)35(40(38,39)28-17-11-24(31)12-18-28)20-29(36)34(19-23-9-13-25(32)14-10-23)22(2)30(37)33-26-5-3-4-6-26/h7-18,22,26H,3-6,19-20H2,1-2H3,(H,33,37)/t22-/m1/s1. The van der Waals surface area contributed by atoms with Crippen molar-refractivity contribution in [2.45, 2.75) is 63.1 Å². The summed E-state index contributed by atoms with van der Waals surface area (Å²) in [4.78, 5) is 28.5. The van der Waals surface area contributed by atoms with Crippen LogP contribution in [0.2, 0.25) is 5.02 Å². The molecule has 0 spiro atoms. The minimum Gasteiger partial charge on any atom is -0.352 e. The Labute approximate surface area is 240 Å². The Morgan fingerprint density at radius 3 is 2.17 bits per heavy atom. The van der Waals surface area contributed by atoms with E-state index in [1.165, 1.54) is 41.3 Å². The van der Waals surface area contributed by atoms with Gasteiger partial charge in [-0.05, 0) is 80.8 Å². The minimum absolute atomic E-state index is 0.00109.